The number of aliphatic carboxylic acids is 1. The fourth-order valence-electron chi connectivity index (χ4n) is 1.75. The number of thiazole rings is 1. The molecule has 0 amide bonds. The van der Waals surface area contributed by atoms with Crippen LogP contribution in [0.25, 0.3) is 10.6 Å². The number of carboxylic acids is 1. The van der Waals surface area contributed by atoms with Gasteiger partial charge in [-0.2, -0.15) is 0 Å². The number of rotatable bonds is 6. The molecule has 0 spiro atoms. The van der Waals surface area contributed by atoms with Gasteiger partial charge in [-0.3, -0.25) is 4.79 Å². The monoisotopic (exact) mass is 293 g/mol. The van der Waals surface area contributed by atoms with E-state index in [2.05, 4.69) is 4.98 Å². The van der Waals surface area contributed by atoms with Crippen molar-refractivity contribution in [2.24, 2.45) is 0 Å². The Balaban J connectivity index is 2.30. The highest BCUT2D eigenvalue weighted by molar-refractivity contribution is 7.13. The summed E-state index contributed by atoms with van der Waals surface area (Å²) in [7, 11) is 1.59. The van der Waals surface area contributed by atoms with Gasteiger partial charge in [-0.1, -0.05) is 0 Å². The maximum absolute atomic E-state index is 10.7. The molecule has 1 N–H and O–H groups in total. The minimum Gasteiger partial charge on any atom is -0.493 e. The van der Waals surface area contributed by atoms with Crippen LogP contribution in [0, 0.1) is 0 Å². The zero-order valence-electron chi connectivity index (χ0n) is 11.3. The van der Waals surface area contributed by atoms with Crippen LogP contribution in [0.2, 0.25) is 0 Å². The van der Waals surface area contributed by atoms with Crippen LogP contribution in [0.15, 0.2) is 23.6 Å². The molecule has 6 heteroatoms. The summed E-state index contributed by atoms with van der Waals surface area (Å²) in [5.41, 5.74) is 1.45. The van der Waals surface area contributed by atoms with Crippen molar-refractivity contribution in [1.82, 2.24) is 4.98 Å². The lowest BCUT2D eigenvalue weighted by molar-refractivity contribution is -0.136. The van der Waals surface area contributed by atoms with Crippen LogP contribution in [0.4, 0.5) is 0 Å². The normalized spacial score (nSPS) is 10.3. The second-order valence-electron chi connectivity index (χ2n) is 4.01. The maximum Gasteiger partial charge on any atom is 0.309 e. The quantitative estimate of drug-likeness (QED) is 0.887. The second kappa shape index (κ2) is 6.38. The average molecular weight is 293 g/mol. The van der Waals surface area contributed by atoms with Gasteiger partial charge in [0, 0.05) is 10.9 Å². The van der Waals surface area contributed by atoms with Crippen molar-refractivity contribution in [1.29, 1.82) is 0 Å². The first-order valence-electron chi connectivity index (χ1n) is 6.11. The maximum atomic E-state index is 10.7. The van der Waals surface area contributed by atoms with Crippen LogP contribution in [0.3, 0.4) is 0 Å². The molecule has 0 aliphatic heterocycles. The largest absolute Gasteiger partial charge is 0.493 e. The predicted octanol–water partition coefficient (Wildman–Crippen LogP) is 2.84. The number of ether oxygens (including phenoxy) is 2. The molecule has 0 aliphatic carbocycles. The van der Waals surface area contributed by atoms with Gasteiger partial charge in [0.25, 0.3) is 0 Å². The standard InChI is InChI=1S/C14H15NO4S/c1-3-19-12-6-9(4-5-11(12)18-2)14-15-10(8-20-14)7-13(16)17/h4-6,8H,3,7H2,1-2H3,(H,16,17). The summed E-state index contributed by atoms with van der Waals surface area (Å²) in [5.74, 6) is 0.437. The van der Waals surface area contributed by atoms with Crippen molar-refractivity contribution in [3.63, 3.8) is 0 Å². The summed E-state index contributed by atoms with van der Waals surface area (Å²) in [4.78, 5) is 15.0. The number of carboxylic acid groups (broad SMARTS) is 1. The first-order chi connectivity index (χ1) is 9.63. The third kappa shape index (κ3) is 3.27. The first-order valence-corrected chi connectivity index (χ1v) is 6.99. The van der Waals surface area contributed by atoms with Crippen LogP contribution < -0.4 is 9.47 Å². The highest BCUT2D eigenvalue weighted by Crippen LogP contribution is 2.33. The lowest BCUT2D eigenvalue weighted by atomic mass is 10.2. The van der Waals surface area contributed by atoms with E-state index in [0.29, 0.717) is 23.8 Å². The fraction of sp³-hybridized carbons (Fsp3) is 0.286. The zero-order chi connectivity index (χ0) is 14.5. The van der Waals surface area contributed by atoms with Crippen molar-refractivity contribution in [2.75, 3.05) is 13.7 Å². The number of aromatic nitrogens is 1. The molecule has 0 bridgehead atoms. The van der Waals surface area contributed by atoms with Crippen LogP contribution in [-0.4, -0.2) is 29.8 Å². The van der Waals surface area contributed by atoms with E-state index in [9.17, 15) is 4.79 Å². The highest BCUT2D eigenvalue weighted by atomic mass is 32.1. The number of methoxy groups -OCH3 is 1. The summed E-state index contributed by atoms with van der Waals surface area (Å²) in [6, 6.07) is 5.55. The van der Waals surface area contributed by atoms with Crippen molar-refractivity contribution >= 4 is 17.3 Å². The molecule has 0 radical (unpaired) electrons. The summed E-state index contributed by atoms with van der Waals surface area (Å²) >= 11 is 1.41. The minimum atomic E-state index is -0.883. The minimum absolute atomic E-state index is 0.0645. The number of hydrogen-bond donors (Lipinski definition) is 1. The van der Waals surface area contributed by atoms with Gasteiger partial charge >= 0.3 is 5.97 Å². The number of nitrogens with zero attached hydrogens (tertiary/aromatic N) is 1. The van der Waals surface area contributed by atoms with Gasteiger partial charge in [0.2, 0.25) is 0 Å². The van der Waals surface area contributed by atoms with Crippen LogP contribution >= 0.6 is 11.3 Å². The van der Waals surface area contributed by atoms with Crippen molar-refractivity contribution in [3.8, 4) is 22.1 Å². The van der Waals surface area contributed by atoms with Gasteiger partial charge in [0.1, 0.15) is 5.01 Å². The van der Waals surface area contributed by atoms with Gasteiger partial charge < -0.3 is 14.6 Å². The van der Waals surface area contributed by atoms with Crippen molar-refractivity contribution in [3.05, 3.63) is 29.3 Å². The third-order valence-corrected chi connectivity index (χ3v) is 3.53. The van der Waals surface area contributed by atoms with E-state index in [4.69, 9.17) is 14.6 Å². The first kappa shape index (κ1) is 14.3. The second-order valence-corrected chi connectivity index (χ2v) is 4.87. The van der Waals surface area contributed by atoms with Gasteiger partial charge in [0.15, 0.2) is 11.5 Å². The Labute approximate surface area is 120 Å². The van der Waals surface area contributed by atoms with Crippen molar-refractivity contribution < 1.29 is 19.4 Å². The Morgan fingerprint density at radius 2 is 2.20 bits per heavy atom. The Morgan fingerprint density at radius 1 is 1.40 bits per heavy atom. The third-order valence-electron chi connectivity index (χ3n) is 2.59. The van der Waals surface area contributed by atoms with E-state index in [1.807, 2.05) is 25.1 Å². The molecule has 0 fully saturated rings. The van der Waals surface area contributed by atoms with E-state index >= 15 is 0 Å². The Morgan fingerprint density at radius 3 is 2.85 bits per heavy atom. The van der Waals surface area contributed by atoms with Crippen molar-refractivity contribution in [2.45, 2.75) is 13.3 Å². The lowest BCUT2D eigenvalue weighted by Gasteiger charge is -2.10. The van der Waals surface area contributed by atoms with E-state index in [1.54, 1.807) is 12.5 Å². The molecule has 2 aromatic rings. The molecule has 5 nitrogen and oxygen atoms in total. The zero-order valence-corrected chi connectivity index (χ0v) is 12.1. The van der Waals surface area contributed by atoms with Gasteiger partial charge in [-0.05, 0) is 25.1 Å². The summed E-state index contributed by atoms with van der Waals surface area (Å²) in [5, 5.41) is 11.3. The number of benzene rings is 1. The predicted molar refractivity (Wildman–Crippen MR) is 76.6 cm³/mol. The van der Waals surface area contributed by atoms with E-state index < -0.39 is 5.97 Å². The fourth-order valence-corrected chi connectivity index (χ4v) is 2.57. The molecule has 0 saturated carbocycles. The van der Waals surface area contributed by atoms with Gasteiger partial charge in [0.05, 0.1) is 25.8 Å². The van der Waals surface area contributed by atoms with E-state index in [0.717, 1.165) is 10.6 Å². The SMILES string of the molecule is CCOc1cc(-c2nc(CC(=O)O)cs2)ccc1OC. The molecule has 2 rings (SSSR count). The van der Waals surface area contributed by atoms with Gasteiger partial charge in [-0.25, -0.2) is 4.98 Å². The van der Waals surface area contributed by atoms with E-state index in [1.165, 1.54) is 11.3 Å². The molecular formula is C14H15NO4S. The summed E-state index contributed by atoms with van der Waals surface area (Å²) in [6.07, 6.45) is -0.0645. The topological polar surface area (TPSA) is 68.7 Å². The Bertz CT molecular complexity index is 609. The number of carbonyl (C=O) groups is 1. The molecule has 1 aromatic heterocycles. The molecule has 1 heterocycles. The number of hydrogen-bond acceptors (Lipinski definition) is 5. The lowest BCUT2D eigenvalue weighted by Crippen LogP contribution is -2.00. The molecule has 20 heavy (non-hydrogen) atoms. The van der Waals surface area contributed by atoms with Crippen LogP contribution in [-0.2, 0) is 11.2 Å². The Hall–Kier alpha value is -2.08. The summed E-state index contributed by atoms with van der Waals surface area (Å²) < 4.78 is 10.7. The smallest absolute Gasteiger partial charge is 0.309 e. The molecule has 0 atom stereocenters. The van der Waals surface area contributed by atoms with Gasteiger partial charge in [-0.15, -0.1) is 11.3 Å². The molecular weight excluding hydrogens is 278 g/mol. The van der Waals surface area contributed by atoms with E-state index in [-0.39, 0.29) is 6.42 Å². The highest BCUT2D eigenvalue weighted by Gasteiger charge is 2.11. The molecule has 0 unspecified atom stereocenters. The van der Waals surface area contributed by atoms with Crippen LogP contribution in [0.5, 0.6) is 11.5 Å². The molecule has 0 aliphatic rings. The molecule has 106 valence electrons. The average Bonchev–Trinajstić information content (AvgIpc) is 2.86. The van der Waals surface area contributed by atoms with Crippen LogP contribution in [0.1, 0.15) is 12.6 Å². The summed E-state index contributed by atoms with van der Waals surface area (Å²) in [6.45, 7) is 2.45. The molecule has 1 aromatic carbocycles. The Kier molecular flexibility index (Phi) is 4.57. The molecule has 0 saturated heterocycles.